The largest absolute Gasteiger partial charge is 0.0533 e. The van der Waals surface area contributed by atoms with E-state index in [9.17, 15) is 0 Å². The van der Waals surface area contributed by atoms with Gasteiger partial charge in [0.25, 0.3) is 0 Å². The average Bonchev–Trinajstić information content (AvgIpc) is 2.86. The van der Waals surface area contributed by atoms with Crippen LogP contribution in [0.5, 0.6) is 0 Å². The SMILES string of the molecule is C1CCCCCCCCCCCC2CCCCCCCCCCC2CCCCCCCCCCC1. The summed E-state index contributed by atoms with van der Waals surface area (Å²) in [5.74, 6) is 2.12. The molecule has 208 valence electrons. The molecule has 0 N–H and O–H groups in total. The molecule has 2 aliphatic carbocycles. The molecular formula is C35H68. The van der Waals surface area contributed by atoms with Crippen molar-refractivity contribution >= 4 is 0 Å². The number of fused-ring (bicyclic) bond motifs is 1. The Hall–Kier alpha value is 0. The molecule has 2 saturated carbocycles. The third kappa shape index (κ3) is 18.8. The van der Waals surface area contributed by atoms with Crippen molar-refractivity contribution in [3.05, 3.63) is 0 Å². The Balaban J connectivity index is 1.76. The van der Waals surface area contributed by atoms with E-state index in [4.69, 9.17) is 0 Å². The molecule has 0 aromatic rings. The van der Waals surface area contributed by atoms with Crippen molar-refractivity contribution in [1.82, 2.24) is 0 Å². The van der Waals surface area contributed by atoms with E-state index in [2.05, 4.69) is 0 Å². The van der Waals surface area contributed by atoms with Crippen LogP contribution in [0.25, 0.3) is 0 Å². The minimum atomic E-state index is 1.06. The Morgan fingerprint density at radius 3 is 0.400 bits per heavy atom. The molecule has 35 heavy (non-hydrogen) atoms. The maximum Gasteiger partial charge on any atom is -0.0386 e. The molecule has 2 fully saturated rings. The van der Waals surface area contributed by atoms with Crippen molar-refractivity contribution in [2.24, 2.45) is 11.8 Å². The Labute approximate surface area is 223 Å². The van der Waals surface area contributed by atoms with Gasteiger partial charge in [0.15, 0.2) is 0 Å². The van der Waals surface area contributed by atoms with Gasteiger partial charge in [-0.3, -0.25) is 0 Å². The van der Waals surface area contributed by atoms with E-state index >= 15 is 0 Å². The van der Waals surface area contributed by atoms with Crippen molar-refractivity contribution in [2.45, 2.75) is 212 Å². The highest BCUT2D eigenvalue weighted by Gasteiger charge is 2.21. The first-order valence-corrected chi connectivity index (χ1v) is 17.5. The van der Waals surface area contributed by atoms with Gasteiger partial charge in [-0.15, -0.1) is 0 Å². The third-order valence-electron chi connectivity index (χ3n) is 9.72. The zero-order valence-corrected chi connectivity index (χ0v) is 24.5. The summed E-state index contributed by atoms with van der Waals surface area (Å²) >= 11 is 0. The molecule has 0 spiro atoms. The van der Waals surface area contributed by atoms with E-state index in [0.29, 0.717) is 0 Å². The van der Waals surface area contributed by atoms with E-state index in [1.54, 1.807) is 25.7 Å². The molecule has 0 amide bonds. The number of hydrogen-bond acceptors (Lipinski definition) is 0. The van der Waals surface area contributed by atoms with Gasteiger partial charge in [0.1, 0.15) is 0 Å². The van der Waals surface area contributed by atoms with E-state index in [0.717, 1.165) is 11.8 Å². The lowest BCUT2D eigenvalue weighted by Gasteiger charge is -2.28. The molecule has 0 aromatic heterocycles. The summed E-state index contributed by atoms with van der Waals surface area (Å²) in [6.07, 6.45) is 50.0. The van der Waals surface area contributed by atoms with Gasteiger partial charge in [0.2, 0.25) is 0 Å². The van der Waals surface area contributed by atoms with E-state index in [1.807, 2.05) is 0 Å². The first-order valence-electron chi connectivity index (χ1n) is 17.5. The van der Waals surface area contributed by atoms with Crippen molar-refractivity contribution in [3.8, 4) is 0 Å². The molecule has 0 bridgehead atoms. The summed E-state index contributed by atoms with van der Waals surface area (Å²) < 4.78 is 0. The maximum absolute atomic E-state index is 1.56. The van der Waals surface area contributed by atoms with Gasteiger partial charge in [0, 0.05) is 0 Å². The standard InChI is InChI=1S/C35H68/c1-2-4-6-8-10-12-14-18-22-26-30-34-32-28-24-20-16-17-21-25-29-33-35(34)31-27-23-19-15-13-11-9-7-5-3-1/h34-35H,1-33H2. The normalized spacial score (nSPS) is 28.8. The predicted octanol–water partition coefficient (Wildman–Crippen LogP) is 13.1. The molecule has 2 rings (SSSR count). The van der Waals surface area contributed by atoms with Crippen LogP contribution >= 0.6 is 0 Å². The zero-order valence-electron chi connectivity index (χ0n) is 24.5. The van der Waals surface area contributed by atoms with Crippen molar-refractivity contribution in [2.75, 3.05) is 0 Å². The molecule has 0 radical (unpaired) electrons. The quantitative estimate of drug-likeness (QED) is 0.318. The molecule has 2 aliphatic rings. The molecule has 2 atom stereocenters. The Bertz CT molecular complexity index is 374. The van der Waals surface area contributed by atoms with E-state index in [-0.39, 0.29) is 0 Å². The Morgan fingerprint density at radius 1 is 0.143 bits per heavy atom. The summed E-state index contributed by atoms with van der Waals surface area (Å²) in [6, 6.07) is 0. The fourth-order valence-electron chi connectivity index (χ4n) is 7.28. The number of rotatable bonds is 0. The van der Waals surface area contributed by atoms with Crippen LogP contribution in [-0.2, 0) is 0 Å². The lowest BCUT2D eigenvalue weighted by atomic mass is 9.77. The van der Waals surface area contributed by atoms with Gasteiger partial charge in [-0.25, -0.2) is 0 Å². The highest BCUT2D eigenvalue weighted by atomic mass is 14.3. The van der Waals surface area contributed by atoms with Gasteiger partial charge < -0.3 is 0 Å². The minimum Gasteiger partial charge on any atom is -0.0533 e. The van der Waals surface area contributed by atoms with Crippen LogP contribution in [0, 0.1) is 11.8 Å². The second kappa shape index (κ2) is 24.3. The molecule has 0 heteroatoms. The van der Waals surface area contributed by atoms with Crippen LogP contribution in [0.15, 0.2) is 0 Å². The highest BCUT2D eigenvalue weighted by molar-refractivity contribution is 4.73. The van der Waals surface area contributed by atoms with Gasteiger partial charge in [0.05, 0.1) is 0 Å². The molecule has 2 unspecified atom stereocenters. The van der Waals surface area contributed by atoms with Gasteiger partial charge in [-0.2, -0.15) is 0 Å². The molecule has 0 nitrogen and oxygen atoms in total. The van der Waals surface area contributed by atoms with Crippen LogP contribution in [0.3, 0.4) is 0 Å². The molecular weight excluding hydrogens is 420 g/mol. The zero-order chi connectivity index (χ0) is 24.5. The summed E-state index contributed by atoms with van der Waals surface area (Å²) in [5, 5.41) is 0. The van der Waals surface area contributed by atoms with Crippen molar-refractivity contribution in [1.29, 1.82) is 0 Å². The summed E-state index contributed by atoms with van der Waals surface area (Å²) in [4.78, 5) is 0. The molecule has 0 aromatic carbocycles. The smallest absolute Gasteiger partial charge is 0.0386 e. The first-order chi connectivity index (χ1) is 17.5. The maximum atomic E-state index is 1.56. The average molecular weight is 489 g/mol. The molecule has 0 saturated heterocycles. The fourth-order valence-corrected chi connectivity index (χ4v) is 7.28. The second-order valence-corrected chi connectivity index (χ2v) is 12.9. The van der Waals surface area contributed by atoms with Crippen LogP contribution in [0.4, 0.5) is 0 Å². The first kappa shape index (κ1) is 31.2. The minimum absolute atomic E-state index is 1.06. The highest BCUT2D eigenvalue weighted by Crippen LogP contribution is 2.34. The van der Waals surface area contributed by atoms with Crippen LogP contribution in [0.1, 0.15) is 212 Å². The molecule has 0 heterocycles. The Kier molecular flexibility index (Phi) is 21.7. The third-order valence-corrected chi connectivity index (χ3v) is 9.72. The lowest BCUT2D eigenvalue weighted by Crippen LogP contribution is -2.16. The monoisotopic (exact) mass is 489 g/mol. The number of hydrogen-bond donors (Lipinski definition) is 0. The van der Waals surface area contributed by atoms with E-state index < -0.39 is 0 Å². The lowest BCUT2D eigenvalue weighted by molar-refractivity contribution is 0.234. The summed E-state index contributed by atoms with van der Waals surface area (Å²) in [6.45, 7) is 0. The van der Waals surface area contributed by atoms with Gasteiger partial charge in [-0.1, -0.05) is 212 Å². The van der Waals surface area contributed by atoms with Crippen molar-refractivity contribution in [3.63, 3.8) is 0 Å². The Morgan fingerprint density at radius 2 is 0.257 bits per heavy atom. The predicted molar refractivity (Wildman–Crippen MR) is 159 cm³/mol. The van der Waals surface area contributed by atoms with Gasteiger partial charge in [-0.05, 0) is 11.8 Å². The van der Waals surface area contributed by atoms with Crippen LogP contribution in [-0.4, -0.2) is 0 Å². The van der Waals surface area contributed by atoms with Gasteiger partial charge >= 0.3 is 0 Å². The second-order valence-electron chi connectivity index (χ2n) is 12.9. The van der Waals surface area contributed by atoms with Crippen LogP contribution < -0.4 is 0 Å². The fraction of sp³-hybridized carbons (Fsp3) is 1.00. The summed E-state index contributed by atoms with van der Waals surface area (Å²) in [7, 11) is 0. The van der Waals surface area contributed by atoms with E-state index in [1.165, 1.54) is 186 Å². The van der Waals surface area contributed by atoms with Crippen molar-refractivity contribution < 1.29 is 0 Å². The summed E-state index contributed by atoms with van der Waals surface area (Å²) in [5.41, 5.74) is 0. The van der Waals surface area contributed by atoms with Crippen LogP contribution in [0.2, 0.25) is 0 Å². The molecule has 0 aliphatic heterocycles. The topological polar surface area (TPSA) is 0 Å².